The Labute approximate surface area is 92.1 Å². The SMILES string of the molecule is CCN(CC1CC1)c1cc(C)ccc1N. The lowest BCUT2D eigenvalue weighted by Crippen LogP contribution is -2.26. The minimum atomic E-state index is 0.906. The first kappa shape index (κ1) is 10.3. The zero-order valence-corrected chi connectivity index (χ0v) is 9.66. The molecule has 0 spiro atoms. The number of benzene rings is 1. The van der Waals surface area contributed by atoms with Crippen LogP contribution >= 0.6 is 0 Å². The Bertz CT molecular complexity index is 342. The van der Waals surface area contributed by atoms with E-state index in [0.717, 1.165) is 18.2 Å². The maximum Gasteiger partial charge on any atom is 0.0602 e. The van der Waals surface area contributed by atoms with Gasteiger partial charge in [-0.05, 0) is 50.3 Å². The number of nitrogen functional groups attached to an aromatic ring is 1. The summed E-state index contributed by atoms with van der Waals surface area (Å²) in [7, 11) is 0. The highest BCUT2D eigenvalue weighted by atomic mass is 15.1. The number of hydrogen-bond acceptors (Lipinski definition) is 2. The monoisotopic (exact) mass is 204 g/mol. The van der Waals surface area contributed by atoms with Gasteiger partial charge in [-0.1, -0.05) is 6.07 Å². The Kier molecular flexibility index (Phi) is 2.85. The van der Waals surface area contributed by atoms with Crippen LogP contribution in [0.5, 0.6) is 0 Å². The van der Waals surface area contributed by atoms with Crippen molar-refractivity contribution in [1.29, 1.82) is 0 Å². The summed E-state index contributed by atoms with van der Waals surface area (Å²) in [5.74, 6) is 0.907. The summed E-state index contributed by atoms with van der Waals surface area (Å²) in [6.07, 6.45) is 2.78. The van der Waals surface area contributed by atoms with E-state index in [1.807, 2.05) is 6.07 Å². The second-order valence-corrected chi connectivity index (χ2v) is 4.54. The lowest BCUT2D eigenvalue weighted by molar-refractivity contribution is 0.742. The van der Waals surface area contributed by atoms with Crippen LogP contribution in [0.1, 0.15) is 25.3 Å². The molecule has 1 aliphatic carbocycles. The van der Waals surface area contributed by atoms with Crippen molar-refractivity contribution in [3.05, 3.63) is 23.8 Å². The zero-order chi connectivity index (χ0) is 10.8. The fourth-order valence-corrected chi connectivity index (χ4v) is 1.94. The van der Waals surface area contributed by atoms with Crippen molar-refractivity contribution in [1.82, 2.24) is 0 Å². The van der Waals surface area contributed by atoms with Crippen LogP contribution in [0.2, 0.25) is 0 Å². The largest absolute Gasteiger partial charge is 0.397 e. The molecule has 82 valence electrons. The van der Waals surface area contributed by atoms with Gasteiger partial charge >= 0.3 is 0 Å². The summed E-state index contributed by atoms with van der Waals surface area (Å²) < 4.78 is 0. The summed E-state index contributed by atoms with van der Waals surface area (Å²) in [6, 6.07) is 6.28. The molecule has 0 heterocycles. The highest BCUT2D eigenvalue weighted by molar-refractivity contribution is 5.68. The van der Waals surface area contributed by atoms with E-state index in [9.17, 15) is 0 Å². The standard InChI is InChI=1S/C13H20N2/c1-3-15(9-11-5-6-11)13-8-10(2)4-7-12(13)14/h4,7-8,11H,3,5-6,9,14H2,1-2H3. The average molecular weight is 204 g/mol. The minimum Gasteiger partial charge on any atom is -0.397 e. The van der Waals surface area contributed by atoms with Crippen molar-refractivity contribution in [2.75, 3.05) is 23.7 Å². The highest BCUT2D eigenvalue weighted by Crippen LogP contribution is 2.33. The third kappa shape index (κ3) is 2.44. The summed E-state index contributed by atoms with van der Waals surface area (Å²) in [6.45, 7) is 6.53. The van der Waals surface area contributed by atoms with E-state index in [1.54, 1.807) is 0 Å². The summed E-state index contributed by atoms with van der Waals surface area (Å²) in [4.78, 5) is 2.40. The molecular weight excluding hydrogens is 184 g/mol. The van der Waals surface area contributed by atoms with Crippen LogP contribution in [-0.2, 0) is 0 Å². The molecule has 1 aliphatic rings. The maximum atomic E-state index is 6.02. The van der Waals surface area contributed by atoms with Gasteiger partial charge in [0.25, 0.3) is 0 Å². The van der Waals surface area contributed by atoms with Crippen LogP contribution in [0.15, 0.2) is 18.2 Å². The molecule has 0 radical (unpaired) electrons. The summed E-state index contributed by atoms with van der Waals surface area (Å²) >= 11 is 0. The van der Waals surface area contributed by atoms with Gasteiger partial charge in [-0.25, -0.2) is 0 Å². The van der Waals surface area contributed by atoms with E-state index >= 15 is 0 Å². The third-order valence-electron chi connectivity index (χ3n) is 3.08. The fourth-order valence-electron chi connectivity index (χ4n) is 1.94. The predicted octanol–water partition coefficient (Wildman–Crippen LogP) is 2.81. The van der Waals surface area contributed by atoms with Gasteiger partial charge in [0, 0.05) is 13.1 Å². The predicted molar refractivity (Wildman–Crippen MR) is 66.2 cm³/mol. The van der Waals surface area contributed by atoms with Gasteiger partial charge in [-0.2, -0.15) is 0 Å². The molecule has 2 nitrogen and oxygen atoms in total. The molecule has 15 heavy (non-hydrogen) atoms. The van der Waals surface area contributed by atoms with Crippen LogP contribution in [0.4, 0.5) is 11.4 Å². The van der Waals surface area contributed by atoms with Crippen LogP contribution in [0.25, 0.3) is 0 Å². The van der Waals surface area contributed by atoms with E-state index in [4.69, 9.17) is 5.73 Å². The molecule has 1 aromatic rings. The first-order valence-corrected chi connectivity index (χ1v) is 5.81. The highest BCUT2D eigenvalue weighted by Gasteiger charge is 2.24. The quantitative estimate of drug-likeness (QED) is 0.764. The molecule has 0 aliphatic heterocycles. The first-order valence-electron chi connectivity index (χ1n) is 5.81. The van der Waals surface area contributed by atoms with Crippen molar-refractivity contribution in [3.63, 3.8) is 0 Å². The Morgan fingerprint density at radius 2 is 2.13 bits per heavy atom. The van der Waals surface area contributed by atoms with Gasteiger partial charge in [0.1, 0.15) is 0 Å². The molecule has 1 aromatic carbocycles. The normalized spacial score (nSPS) is 15.3. The molecule has 2 N–H and O–H groups in total. The van der Waals surface area contributed by atoms with E-state index in [-0.39, 0.29) is 0 Å². The van der Waals surface area contributed by atoms with Crippen molar-refractivity contribution < 1.29 is 0 Å². The molecule has 0 bridgehead atoms. The molecule has 0 atom stereocenters. The number of anilines is 2. The molecule has 0 aromatic heterocycles. The van der Waals surface area contributed by atoms with Crippen LogP contribution < -0.4 is 10.6 Å². The number of nitrogens with zero attached hydrogens (tertiary/aromatic N) is 1. The van der Waals surface area contributed by atoms with Crippen LogP contribution in [0.3, 0.4) is 0 Å². The van der Waals surface area contributed by atoms with E-state index < -0.39 is 0 Å². The molecule has 0 saturated heterocycles. The Morgan fingerprint density at radius 1 is 1.40 bits per heavy atom. The molecule has 0 unspecified atom stereocenters. The lowest BCUT2D eigenvalue weighted by atomic mass is 10.1. The summed E-state index contributed by atoms with van der Waals surface area (Å²) in [5.41, 5.74) is 9.42. The molecular formula is C13H20N2. The Balaban J connectivity index is 2.19. The average Bonchev–Trinajstić information content (AvgIpc) is 3.02. The van der Waals surface area contributed by atoms with Gasteiger partial charge in [0.2, 0.25) is 0 Å². The number of hydrogen-bond donors (Lipinski definition) is 1. The summed E-state index contributed by atoms with van der Waals surface area (Å²) in [5, 5.41) is 0. The van der Waals surface area contributed by atoms with Gasteiger partial charge < -0.3 is 10.6 Å². The second kappa shape index (κ2) is 4.13. The third-order valence-corrected chi connectivity index (χ3v) is 3.08. The minimum absolute atomic E-state index is 0.906. The lowest BCUT2D eigenvalue weighted by Gasteiger charge is -2.25. The topological polar surface area (TPSA) is 29.3 Å². The number of aryl methyl sites for hydroxylation is 1. The zero-order valence-electron chi connectivity index (χ0n) is 9.66. The van der Waals surface area contributed by atoms with Crippen molar-refractivity contribution >= 4 is 11.4 Å². The second-order valence-electron chi connectivity index (χ2n) is 4.54. The molecule has 1 fully saturated rings. The van der Waals surface area contributed by atoms with Gasteiger partial charge in [-0.3, -0.25) is 0 Å². The van der Waals surface area contributed by atoms with E-state index in [2.05, 4.69) is 30.9 Å². The van der Waals surface area contributed by atoms with Gasteiger partial charge in [-0.15, -0.1) is 0 Å². The van der Waals surface area contributed by atoms with Crippen molar-refractivity contribution in [2.45, 2.75) is 26.7 Å². The van der Waals surface area contributed by atoms with Crippen molar-refractivity contribution in [2.24, 2.45) is 5.92 Å². The maximum absolute atomic E-state index is 6.02. The smallest absolute Gasteiger partial charge is 0.0602 e. The molecule has 2 rings (SSSR count). The Morgan fingerprint density at radius 3 is 2.73 bits per heavy atom. The molecule has 2 heteroatoms. The number of rotatable bonds is 4. The fraction of sp³-hybridized carbons (Fsp3) is 0.538. The van der Waals surface area contributed by atoms with Crippen molar-refractivity contribution in [3.8, 4) is 0 Å². The van der Waals surface area contributed by atoms with Gasteiger partial charge in [0.15, 0.2) is 0 Å². The number of nitrogens with two attached hydrogens (primary N) is 1. The van der Waals surface area contributed by atoms with E-state index in [1.165, 1.54) is 30.6 Å². The molecule has 0 amide bonds. The van der Waals surface area contributed by atoms with Crippen LogP contribution in [0, 0.1) is 12.8 Å². The Hall–Kier alpha value is -1.18. The first-order chi connectivity index (χ1) is 7.20. The van der Waals surface area contributed by atoms with Crippen LogP contribution in [-0.4, -0.2) is 13.1 Å². The van der Waals surface area contributed by atoms with Gasteiger partial charge in [0.05, 0.1) is 11.4 Å². The molecule has 1 saturated carbocycles. The van der Waals surface area contributed by atoms with E-state index in [0.29, 0.717) is 0 Å².